The molecule has 1 aromatic rings. The van der Waals surface area contributed by atoms with Crippen molar-refractivity contribution in [1.82, 2.24) is 0 Å². The third kappa shape index (κ3) is 2.54. The van der Waals surface area contributed by atoms with Crippen molar-refractivity contribution in [2.24, 2.45) is 0 Å². The molecule has 1 N–H and O–H groups in total. The summed E-state index contributed by atoms with van der Waals surface area (Å²) in [4.78, 5) is 25.5. The van der Waals surface area contributed by atoms with Gasteiger partial charge in [-0.2, -0.15) is 0 Å². The highest BCUT2D eigenvalue weighted by atomic mass is 16.3. The van der Waals surface area contributed by atoms with Crippen LogP contribution < -0.4 is 4.90 Å². The highest BCUT2D eigenvalue weighted by Crippen LogP contribution is 2.33. The van der Waals surface area contributed by atoms with E-state index in [9.17, 15) is 14.7 Å². The molecule has 0 saturated heterocycles. The zero-order valence-electron chi connectivity index (χ0n) is 11.8. The zero-order chi connectivity index (χ0) is 14.4. The van der Waals surface area contributed by atoms with Crippen LogP contribution in [0.5, 0.6) is 0 Å². The molecule has 4 nitrogen and oxygen atoms in total. The number of ketones is 1. The first-order valence-corrected chi connectivity index (χ1v) is 6.40. The van der Waals surface area contributed by atoms with E-state index in [0.29, 0.717) is 24.2 Å². The van der Waals surface area contributed by atoms with Gasteiger partial charge in [0.15, 0.2) is 0 Å². The number of carbonyl (C=O) groups is 2. The van der Waals surface area contributed by atoms with E-state index in [1.807, 2.05) is 19.9 Å². The lowest BCUT2D eigenvalue weighted by Gasteiger charge is -2.23. The van der Waals surface area contributed by atoms with Crippen LogP contribution in [-0.4, -0.2) is 28.9 Å². The number of Topliss-reactive ketones (excluding diaryl/α,β-unsaturated/α-hetero) is 1. The smallest absolute Gasteiger partial charge is 0.299 e. The summed E-state index contributed by atoms with van der Waals surface area (Å²) in [5.41, 5.74) is 2.22. The van der Waals surface area contributed by atoms with Crippen LogP contribution in [0.15, 0.2) is 12.1 Å². The van der Waals surface area contributed by atoms with E-state index in [1.165, 1.54) is 4.90 Å². The molecule has 2 rings (SSSR count). The van der Waals surface area contributed by atoms with Gasteiger partial charge in [0.05, 0.1) is 16.9 Å². The molecule has 102 valence electrons. The molecule has 0 bridgehead atoms. The summed E-state index contributed by atoms with van der Waals surface area (Å²) in [7, 11) is 0. The molecule has 1 amide bonds. The fourth-order valence-electron chi connectivity index (χ4n) is 2.43. The summed E-state index contributed by atoms with van der Waals surface area (Å²) in [6.07, 6.45) is 0.429. The molecule has 0 aliphatic carbocycles. The predicted octanol–water partition coefficient (Wildman–Crippen LogP) is 1.99. The van der Waals surface area contributed by atoms with Gasteiger partial charge in [-0.1, -0.05) is 6.07 Å². The Kier molecular flexibility index (Phi) is 3.22. The molecule has 0 saturated carbocycles. The zero-order valence-corrected chi connectivity index (χ0v) is 11.8. The van der Waals surface area contributed by atoms with E-state index < -0.39 is 17.3 Å². The average Bonchev–Trinajstić information content (AvgIpc) is 2.50. The lowest BCUT2D eigenvalue weighted by molar-refractivity contribution is -0.114. The second-order valence-electron chi connectivity index (χ2n) is 5.83. The van der Waals surface area contributed by atoms with Crippen molar-refractivity contribution >= 4 is 17.4 Å². The van der Waals surface area contributed by atoms with Crippen LogP contribution in [0.25, 0.3) is 0 Å². The van der Waals surface area contributed by atoms with Gasteiger partial charge in [0.2, 0.25) is 0 Å². The Morgan fingerprint density at radius 1 is 1.21 bits per heavy atom. The number of fused-ring (bicyclic) bond motifs is 1. The molecular formula is C15H19NO3. The number of nitrogens with zero attached hydrogens (tertiary/aromatic N) is 1. The molecule has 0 atom stereocenters. The van der Waals surface area contributed by atoms with Gasteiger partial charge in [-0.25, -0.2) is 0 Å². The number of anilines is 1. The molecule has 4 heteroatoms. The Hall–Kier alpha value is -1.68. The van der Waals surface area contributed by atoms with Crippen molar-refractivity contribution in [3.63, 3.8) is 0 Å². The lowest BCUT2D eigenvalue weighted by Crippen LogP contribution is -2.35. The molecule has 0 unspecified atom stereocenters. The third-order valence-electron chi connectivity index (χ3n) is 3.35. The first kappa shape index (κ1) is 13.7. The number of hydrogen-bond acceptors (Lipinski definition) is 3. The summed E-state index contributed by atoms with van der Waals surface area (Å²) in [5.74, 6) is -0.939. The molecule has 1 aromatic carbocycles. The number of hydrogen-bond donors (Lipinski definition) is 1. The first-order chi connectivity index (χ1) is 8.70. The summed E-state index contributed by atoms with van der Waals surface area (Å²) in [5, 5.41) is 9.77. The van der Waals surface area contributed by atoms with Crippen molar-refractivity contribution in [2.45, 2.75) is 39.7 Å². The Balaban J connectivity index is 2.39. The van der Waals surface area contributed by atoms with Crippen molar-refractivity contribution < 1.29 is 14.7 Å². The number of carbonyl (C=O) groups excluding carboxylic acids is 2. The van der Waals surface area contributed by atoms with Crippen LogP contribution in [0, 0.1) is 13.8 Å². The average molecular weight is 261 g/mol. The third-order valence-corrected chi connectivity index (χ3v) is 3.35. The van der Waals surface area contributed by atoms with Crippen molar-refractivity contribution in [1.29, 1.82) is 0 Å². The minimum atomic E-state index is -0.856. The minimum Gasteiger partial charge on any atom is -0.390 e. The number of amides is 1. The van der Waals surface area contributed by atoms with Gasteiger partial charge in [-0.3, -0.25) is 9.59 Å². The van der Waals surface area contributed by atoms with E-state index in [-0.39, 0.29) is 0 Å². The molecule has 1 heterocycles. The topological polar surface area (TPSA) is 57.6 Å². The summed E-state index contributed by atoms with van der Waals surface area (Å²) < 4.78 is 0. The number of benzene rings is 1. The SMILES string of the molecule is Cc1cc(C)c2c(c1)C(=O)C(=O)N2CCC(C)(C)O. The molecule has 1 aliphatic rings. The molecule has 0 spiro atoms. The summed E-state index contributed by atoms with van der Waals surface area (Å²) >= 11 is 0. The van der Waals surface area contributed by atoms with Gasteiger partial charge in [-0.05, 0) is 51.3 Å². The second kappa shape index (κ2) is 4.46. The van der Waals surface area contributed by atoms with Gasteiger partial charge in [0.25, 0.3) is 11.7 Å². The van der Waals surface area contributed by atoms with E-state index >= 15 is 0 Å². The fourth-order valence-corrected chi connectivity index (χ4v) is 2.43. The Morgan fingerprint density at radius 3 is 2.42 bits per heavy atom. The molecule has 0 aromatic heterocycles. The number of aliphatic hydroxyl groups is 1. The van der Waals surface area contributed by atoms with E-state index in [2.05, 4.69) is 0 Å². The molecule has 0 fully saturated rings. The monoisotopic (exact) mass is 261 g/mol. The minimum absolute atomic E-state index is 0.352. The number of rotatable bonds is 3. The van der Waals surface area contributed by atoms with Gasteiger partial charge in [0, 0.05) is 6.54 Å². The van der Waals surface area contributed by atoms with Gasteiger partial charge in [0.1, 0.15) is 0 Å². The fraction of sp³-hybridized carbons (Fsp3) is 0.467. The van der Waals surface area contributed by atoms with Gasteiger partial charge >= 0.3 is 0 Å². The van der Waals surface area contributed by atoms with Crippen molar-refractivity contribution in [3.05, 3.63) is 28.8 Å². The summed E-state index contributed by atoms with van der Waals surface area (Å²) in [6.45, 7) is 7.54. The van der Waals surface area contributed by atoms with Crippen molar-refractivity contribution in [2.75, 3.05) is 11.4 Å². The molecule has 1 aliphatic heterocycles. The van der Waals surface area contributed by atoms with Crippen LogP contribution in [0.1, 0.15) is 41.8 Å². The van der Waals surface area contributed by atoms with Gasteiger partial charge in [-0.15, -0.1) is 0 Å². The first-order valence-electron chi connectivity index (χ1n) is 6.40. The lowest BCUT2D eigenvalue weighted by atomic mass is 10.0. The largest absolute Gasteiger partial charge is 0.390 e. The maximum Gasteiger partial charge on any atom is 0.299 e. The van der Waals surface area contributed by atoms with Crippen LogP contribution in [0.2, 0.25) is 0 Å². The van der Waals surface area contributed by atoms with E-state index in [4.69, 9.17) is 0 Å². The van der Waals surface area contributed by atoms with Crippen LogP contribution in [-0.2, 0) is 4.79 Å². The van der Waals surface area contributed by atoms with Crippen LogP contribution in [0.4, 0.5) is 5.69 Å². The Bertz CT molecular complexity index is 555. The van der Waals surface area contributed by atoms with Crippen molar-refractivity contribution in [3.8, 4) is 0 Å². The standard InChI is InChI=1S/C15H19NO3/c1-9-7-10(2)12-11(8-9)13(17)14(18)16(12)6-5-15(3,4)19/h7-8,19H,5-6H2,1-4H3. The molecule has 0 radical (unpaired) electrons. The normalized spacial score (nSPS) is 15.1. The van der Waals surface area contributed by atoms with Crippen LogP contribution in [0.3, 0.4) is 0 Å². The number of aryl methyl sites for hydroxylation is 2. The van der Waals surface area contributed by atoms with Crippen LogP contribution >= 0.6 is 0 Å². The predicted molar refractivity (Wildman–Crippen MR) is 73.5 cm³/mol. The maximum atomic E-state index is 12.0. The van der Waals surface area contributed by atoms with E-state index in [1.54, 1.807) is 19.9 Å². The highest BCUT2D eigenvalue weighted by molar-refractivity contribution is 6.52. The second-order valence-corrected chi connectivity index (χ2v) is 5.83. The highest BCUT2D eigenvalue weighted by Gasteiger charge is 2.37. The molecule has 19 heavy (non-hydrogen) atoms. The van der Waals surface area contributed by atoms with Gasteiger partial charge < -0.3 is 10.0 Å². The quantitative estimate of drug-likeness (QED) is 0.847. The maximum absolute atomic E-state index is 12.0. The summed E-state index contributed by atoms with van der Waals surface area (Å²) in [6, 6.07) is 3.72. The Labute approximate surface area is 113 Å². The van der Waals surface area contributed by atoms with E-state index in [0.717, 1.165) is 11.1 Å². The molecular weight excluding hydrogens is 242 g/mol. The Morgan fingerprint density at radius 2 is 1.84 bits per heavy atom.